The van der Waals surface area contributed by atoms with Gasteiger partial charge in [-0.05, 0) is 62.8 Å². The number of aryl methyl sites for hydroxylation is 1. The molecule has 6 nitrogen and oxygen atoms in total. The minimum atomic E-state index is -0.0283. The summed E-state index contributed by atoms with van der Waals surface area (Å²) < 4.78 is 16.9. The van der Waals surface area contributed by atoms with Crippen LogP contribution in [0.5, 0.6) is 11.5 Å². The molecule has 6 heteroatoms. The standard InChI is InChI=1S/C21H26N2O4/c1-3-25-18-11-14-9-10-23(13-15(14)12-19(18)26-4-2)21(24)20-16-7-5-6-8-17(16)27-22-20/h11-12H,3-10,13H2,1-2H3. The van der Waals surface area contributed by atoms with Gasteiger partial charge >= 0.3 is 0 Å². The average molecular weight is 370 g/mol. The Kier molecular flexibility index (Phi) is 5.05. The Morgan fingerprint density at radius 1 is 1.07 bits per heavy atom. The van der Waals surface area contributed by atoms with Crippen molar-refractivity contribution in [3.63, 3.8) is 0 Å². The van der Waals surface area contributed by atoms with Gasteiger partial charge in [0, 0.05) is 25.1 Å². The number of aromatic nitrogens is 1. The molecule has 0 radical (unpaired) electrons. The Labute approximate surface area is 159 Å². The summed E-state index contributed by atoms with van der Waals surface area (Å²) in [5.74, 6) is 2.39. The molecule has 1 aliphatic carbocycles. The third-order valence-electron chi connectivity index (χ3n) is 5.32. The highest BCUT2D eigenvalue weighted by molar-refractivity contribution is 5.94. The van der Waals surface area contributed by atoms with Crippen molar-refractivity contribution < 1.29 is 18.8 Å². The van der Waals surface area contributed by atoms with Crippen molar-refractivity contribution in [1.29, 1.82) is 0 Å². The second kappa shape index (κ2) is 7.62. The van der Waals surface area contributed by atoms with E-state index < -0.39 is 0 Å². The molecule has 0 N–H and O–H groups in total. The molecule has 1 amide bonds. The number of rotatable bonds is 5. The van der Waals surface area contributed by atoms with Crippen molar-refractivity contribution in [2.75, 3.05) is 19.8 Å². The maximum atomic E-state index is 13.1. The molecule has 144 valence electrons. The van der Waals surface area contributed by atoms with Crippen molar-refractivity contribution in [1.82, 2.24) is 10.1 Å². The van der Waals surface area contributed by atoms with E-state index in [1.807, 2.05) is 24.8 Å². The van der Waals surface area contributed by atoms with Gasteiger partial charge in [-0.1, -0.05) is 5.16 Å². The fraction of sp³-hybridized carbons (Fsp3) is 0.524. The lowest BCUT2D eigenvalue weighted by Gasteiger charge is -2.29. The number of amides is 1. The third kappa shape index (κ3) is 3.40. The molecule has 2 aliphatic rings. The normalized spacial score (nSPS) is 15.9. The van der Waals surface area contributed by atoms with Crippen LogP contribution in [0.1, 0.15) is 59.6 Å². The first-order valence-corrected chi connectivity index (χ1v) is 9.89. The Bertz CT molecular complexity index is 843. The fourth-order valence-electron chi connectivity index (χ4n) is 3.98. The highest BCUT2D eigenvalue weighted by atomic mass is 16.5. The molecule has 2 heterocycles. The predicted molar refractivity (Wildman–Crippen MR) is 100 cm³/mol. The molecule has 0 atom stereocenters. The third-order valence-corrected chi connectivity index (χ3v) is 5.32. The molecule has 1 aliphatic heterocycles. The highest BCUT2D eigenvalue weighted by Gasteiger charge is 2.30. The second-order valence-electron chi connectivity index (χ2n) is 7.05. The average Bonchev–Trinajstić information content (AvgIpc) is 3.12. The minimum absolute atomic E-state index is 0.0283. The van der Waals surface area contributed by atoms with E-state index in [0.29, 0.717) is 32.0 Å². The summed E-state index contributed by atoms with van der Waals surface area (Å²) in [6.45, 7) is 6.33. The van der Waals surface area contributed by atoms with Gasteiger partial charge in [-0.15, -0.1) is 0 Å². The van der Waals surface area contributed by atoms with Gasteiger partial charge in [-0.2, -0.15) is 0 Å². The fourth-order valence-corrected chi connectivity index (χ4v) is 3.98. The molecule has 0 spiro atoms. The number of carbonyl (C=O) groups excluding carboxylic acids is 1. The summed E-state index contributed by atoms with van der Waals surface area (Å²) in [6, 6.07) is 4.07. The van der Waals surface area contributed by atoms with Crippen LogP contribution in [0.4, 0.5) is 0 Å². The van der Waals surface area contributed by atoms with Gasteiger partial charge in [0.25, 0.3) is 5.91 Å². The number of fused-ring (bicyclic) bond motifs is 2. The first-order chi connectivity index (χ1) is 13.2. The largest absolute Gasteiger partial charge is 0.490 e. The number of carbonyl (C=O) groups is 1. The van der Waals surface area contributed by atoms with Crippen LogP contribution in [0.2, 0.25) is 0 Å². The lowest BCUT2D eigenvalue weighted by Crippen LogP contribution is -2.36. The maximum Gasteiger partial charge on any atom is 0.276 e. The first kappa shape index (κ1) is 17.9. The van der Waals surface area contributed by atoms with Crippen molar-refractivity contribution in [3.8, 4) is 11.5 Å². The Morgan fingerprint density at radius 3 is 2.52 bits per heavy atom. The summed E-state index contributed by atoms with van der Waals surface area (Å²) in [6.07, 6.45) is 4.77. The van der Waals surface area contributed by atoms with E-state index in [1.165, 1.54) is 5.56 Å². The molecule has 4 rings (SSSR count). The first-order valence-electron chi connectivity index (χ1n) is 9.89. The molecule has 1 aromatic heterocycles. The number of hydrogen-bond acceptors (Lipinski definition) is 5. The minimum Gasteiger partial charge on any atom is -0.490 e. The summed E-state index contributed by atoms with van der Waals surface area (Å²) in [5, 5.41) is 4.10. The van der Waals surface area contributed by atoms with E-state index in [-0.39, 0.29) is 5.91 Å². The lowest BCUT2D eigenvalue weighted by molar-refractivity contribution is 0.0723. The molecule has 27 heavy (non-hydrogen) atoms. The molecule has 2 aromatic rings. The molecule has 1 aromatic carbocycles. The number of nitrogens with zero attached hydrogens (tertiary/aromatic N) is 2. The zero-order chi connectivity index (χ0) is 18.8. The lowest BCUT2D eigenvalue weighted by atomic mass is 9.95. The zero-order valence-electron chi connectivity index (χ0n) is 16.0. The van der Waals surface area contributed by atoms with Gasteiger partial charge in [0.2, 0.25) is 0 Å². The maximum absolute atomic E-state index is 13.1. The molecule has 0 bridgehead atoms. The smallest absolute Gasteiger partial charge is 0.276 e. The van der Waals surface area contributed by atoms with Gasteiger partial charge in [-0.25, -0.2) is 0 Å². The van der Waals surface area contributed by atoms with Crippen LogP contribution in [0.15, 0.2) is 16.7 Å². The van der Waals surface area contributed by atoms with Crippen LogP contribution in [0.25, 0.3) is 0 Å². The van der Waals surface area contributed by atoms with Crippen molar-refractivity contribution >= 4 is 5.91 Å². The SMILES string of the molecule is CCOc1cc2c(cc1OCC)CN(C(=O)c1noc3c1CCCC3)CC2. The summed E-state index contributed by atoms with van der Waals surface area (Å²) in [7, 11) is 0. The predicted octanol–water partition coefficient (Wildman–Crippen LogP) is 3.55. The van der Waals surface area contributed by atoms with Crippen LogP contribution in [0.3, 0.4) is 0 Å². The number of benzene rings is 1. The molecule has 0 unspecified atom stereocenters. The second-order valence-corrected chi connectivity index (χ2v) is 7.05. The van der Waals surface area contributed by atoms with Gasteiger partial charge in [0.05, 0.1) is 13.2 Å². The summed E-state index contributed by atoms with van der Waals surface area (Å²) in [5.41, 5.74) is 3.84. The van der Waals surface area contributed by atoms with Gasteiger partial charge in [0.15, 0.2) is 17.2 Å². The molecule has 0 saturated carbocycles. The van der Waals surface area contributed by atoms with E-state index in [2.05, 4.69) is 11.2 Å². The Balaban J connectivity index is 1.58. The van der Waals surface area contributed by atoms with E-state index in [9.17, 15) is 4.79 Å². The van der Waals surface area contributed by atoms with Crippen LogP contribution in [-0.2, 0) is 25.8 Å². The Morgan fingerprint density at radius 2 is 1.78 bits per heavy atom. The van der Waals surface area contributed by atoms with Crippen LogP contribution in [0, 0.1) is 0 Å². The molecule has 0 fully saturated rings. The van der Waals surface area contributed by atoms with Crippen molar-refractivity contribution in [3.05, 3.63) is 40.3 Å². The molecular weight excluding hydrogens is 344 g/mol. The van der Waals surface area contributed by atoms with Gasteiger partial charge < -0.3 is 18.9 Å². The van der Waals surface area contributed by atoms with Crippen LogP contribution in [-0.4, -0.2) is 35.7 Å². The van der Waals surface area contributed by atoms with E-state index >= 15 is 0 Å². The number of ether oxygens (including phenoxy) is 2. The van der Waals surface area contributed by atoms with E-state index in [0.717, 1.165) is 60.5 Å². The highest BCUT2D eigenvalue weighted by Crippen LogP contribution is 2.34. The summed E-state index contributed by atoms with van der Waals surface area (Å²) in [4.78, 5) is 14.9. The molecule has 0 saturated heterocycles. The zero-order valence-corrected chi connectivity index (χ0v) is 16.0. The van der Waals surface area contributed by atoms with E-state index in [4.69, 9.17) is 14.0 Å². The van der Waals surface area contributed by atoms with Crippen LogP contribution >= 0.6 is 0 Å². The topological polar surface area (TPSA) is 64.8 Å². The molecular formula is C21H26N2O4. The Hall–Kier alpha value is -2.50. The van der Waals surface area contributed by atoms with Crippen LogP contribution < -0.4 is 9.47 Å². The van der Waals surface area contributed by atoms with Gasteiger partial charge in [-0.3, -0.25) is 4.79 Å². The van der Waals surface area contributed by atoms with Crippen molar-refractivity contribution in [2.24, 2.45) is 0 Å². The van der Waals surface area contributed by atoms with Gasteiger partial charge in [0.1, 0.15) is 5.76 Å². The number of hydrogen-bond donors (Lipinski definition) is 0. The van der Waals surface area contributed by atoms with E-state index in [1.54, 1.807) is 0 Å². The summed E-state index contributed by atoms with van der Waals surface area (Å²) >= 11 is 0. The van der Waals surface area contributed by atoms with Crippen molar-refractivity contribution in [2.45, 2.75) is 52.5 Å². The monoisotopic (exact) mass is 370 g/mol. The quantitative estimate of drug-likeness (QED) is 0.805.